The molecule has 0 amide bonds. The van der Waals surface area contributed by atoms with E-state index in [1.54, 1.807) is 42.5 Å². The molecule has 0 spiro atoms. The lowest BCUT2D eigenvalue weighted by atomic mass is 9.90. The first-order valence-electron chi connectivity index (χ1n) is 8.97. The van der Waals surface area contributed by atoms with Crippen LogP contribution in [0.3, 0.4) is 0 Å². The summed E-state index contributed by atoms with van der Waals surface area (Å²) in [4.78, 5) is 23.1. The largest absolute Gasteiger partial charge is 0.508 e. The number of rotatable bonds is 2. The van der Waals surface area contributed by atoms with Crippen molar-refractivity contribution in [3.63, 3.8) is 0 Å². The molecule has 3 aromatic rings. The van der Waals surface area contributed by atoms with E-state index in [1.807, 2.05) is 18.2 Å². The van der Waals surface area contributed by atoms with Gasteiger partial charge in [0.1, 0.15) is 17.1 Å². The van der Waals surface area contributed by atoms with Crippen LogP contribution in [-0.2, 0) is 0 Å². The smallest absolute Gasteiger partial charge is 0.335 e. The number of hydrogen-bond donors (Lipinski definition) is 2. The summed E-state index contributed by atoms with van der Waals surface area (Å²) in [5.41, 5.74) is 2.93. The molecule has 0 atom stereocenters. The number of hydrogen-bond acceptors (Lipinski definition) is 4. The maximum Gasteiger partial charge on any atom is 0.335 e. The minimum absolute atomic E-state index is 0.132. The van der Waals surface area contributed by atoms with E-state index in [0.29, 0.717) is 11.3 Å². The minimum Gasteiger partial charge on any atom is -0.508 e. The molecular formula is C24H14O5. The zero-order valence-electron chi connectivity index (χ0n) is 15.0. The van der Waals surface area contributed by atoms with Gasteiger partial charge in [0, 0.05) is 22.6 Å². The summed E-state index contributed by atoms with van der Waals surface area (Å²) in [5, 5.41) is 21.8. The number of carbonyl (C=O) groups is 1. The molecule has 5 heteroatoms. The van der Waals surface area contributed by atoms with Crippen molar-refractivity contribution in [1.82, 2.24) is 0 Å². The van der Waals surface area contributed by atoms with E-state index in [4.69, 9.17) is 4.42 Å². The number of aromatic carboxylic acids is 1. The van der Waals surface area contributed by atoms with Gasteiger partial charge in [-0.2, -0.15) is 0 Å². The third-order valence-corrected chi connectivity index (χ3v) is 5.08. The van der Waals surface area contributed by atoms with Crippen LogP contribution in [0.15, 0.2) is 82.0 Å². The molecule has 0 unspecified atom stereocenters. The van der Waals surface area contributed by atoms with Crippen LogP contribution in [0.2, 0.25) is 0 Å². The van der Waals surface area contributed by atoms with Crippen molar-refractivity contribution in [2.24, 2.45) is 0 Å². The Labute approximate surface area is 164 Å². The molecule has 3 aromatic carbocycles. The Hall–Kier alpha value is -4.12. The molecule has 1 aliphatic carbocycles. The van der Waals surface area contributed by atoms with Crippen molar-refractivity contribution in [3.05, 3.63) is 88.6 Å². The molecule has 2 aliphatic rings. The lowest BCUT2D eigenvalue weighted by Gasteiger charge is -2.17. The predicted molar refractivity (Wildman–Crippen MR) is 111 cm³/mol. The topological polar surface area (TPSA) is 87.7 Å². The number of fused-ring (bicyclic) bond motifs is 4. The van der Waals surface area contributed by atoms with Crippen molar-refractivity contribution < 1.29 is 19.4 Å². The van der Waals surface area contributed by atoms with Gasteiger partial charge in [-0.1, -0.05) is 24.3 Å². The average molecular weight is 382 g/mol. The lowest BCUT2D eigenvalue weighted by molar-refractivity contribution is 0.0697. The Bertz CT molecular complexity index is 1440. The van der Waals surface area contributed by atoms with Crippen LogP contribution >= 0.6 is 0 Å². The fraction of sp³-hybridized carbons (Fsp3) is 0. The van der Waals surface area contributed by atoms with E-state index in [9.17, 15) is 19.8 Å². The SMILES string of the molecule is O=C(O)c1ccc(-c2c3ccc(=O)cc-3oc3ccc4ccc(O)cc4c23)cc1. The van der Waals surface area contributed by atoms with Crippen molar-refractivity contribution in [2.45, 2.75) is 0 Å². The second kappa shape index (κ2) is 6.21. The van der Waals surface area contributed by atoms with Crippen molar-refractivity contribution in [1.29, 1.82) is 0 Å². The van der Waals surface area contributed by atoms with Gasteiger partial charge < -0.3 is 14.6 Å². The molecular weight excluding hydrogens is 368 g/mol. The van der Waals surface area contributed by atoms with Crippen molar-refractivity contribution in [3.8, 4) is 28.2 Å². The van der Waals surface area contributed by atoms with E-state index >= 15 is 0 Å². The van der Waals surface area contributed by atoms with E-state index in [1.165, 1.54) is 12.1 Å². The van der Waals surface area contributed by atoms with E-state index in [0.717, 1.165) is 32.8 Å². The third kappa shape index (κ3) is 2.72. The molecule has 1 heterocycles. The summed E-state index contributed by atoms with van der Waals surface area (Å²) in [6, 6.07) is 20.1. The Morgan fingerprint density at radius 1 is 0.862 bits per heavy atom. The molecule has 0 aromatic heterocycles. The standard InChI is InChI=1S/C24H14O5/c25-16-7-5-13-6-10-20-23(19(13)11-16)22(14-1-3-15(4-2-14)24(27)28)18-9-8-17(26)12-21(18)29-20/h1-12,25H,(H,27,28). The molecule has 0 radical (unpaired) electrons. The van der Waals surface area contributed by atoms with E-state index in [-0.39, 0.29) is 16.7 Å². The van der Waals surface area contributed by atoms with Gasteiger partial charge in [0.25, 0.3) is 0 Å². The van der Waals surface area contributed by atoms with Crippen molar-refractivity contribution in [2.75, 3.05) is 0 Å². The highest BCUT2D eigenvalue weighted by Gasteiger charge is 2.19. The van der Waals surface area contributed by atoms with Gasteiger partial charge in [0.15, 0.2) is 5.43 Å². The summed E-state index contributed by atoms with van der Waals surface area (Å²) < 4.78 is 6.02. The number of benzene rings is 4. The van der Waals surface area contributed by atoms with Crippen LogP contribution in [0.25, 0.3) is 44.2 Å². The normalized spacial score (nSPS) is 11.3. The summed E-state index contributed by atoms with van der Waals surface area (Å²) in [6.45, 7) is 0. The Balaban J connectivity index is 1.98. The van der Waals surface area contributed by atoms with Gasteiger partial charge in [-0.05, 0) is 58.8 Å². The fourth-order valence-electron chi connectivity index (χ4n) is 3.76. The Morgan fingerprint density at radius 2 is 1.62 bits per heavy atom. The first-order chi connectivity index (χ1) is 14.0. The highest BCUT2D eigenvalue weighted by molar-refractivity contribution is 6.16. The van der Waals surface area contributed by atoms with E-state index in [2.05, 4.69) is 0 Å². The lowest BCUT2D eigenvalue weighted by Crippen LogP contribution is -2.00. The van der Waals surface area contributed by atoms with Crippen LogP contribution in [0.5, 0.6) is 5.75 Å². The zero-order valence-corrected chi connectivity index (χ0v) is 15.0. The summed E-state index contributed by atoms with van der Waals surface area (Å²) in [5.74, 6) is -0.422. The summed E-state index contributed by atoms with van der Waals surface area (Å²) in [6.07, 6.45) is 0. The molecule has 0 bridgehead atoms. The molecule has 5 nitrogen and oxygen atoms in total. The highest BCUT2D eigenvalue weighted by atomic mass is 16.4. The fourth-order valence-corrected chi connectivity index (χ4v) is 3.76. The predicted octanol–water partition coefficient (Wildman–Crippen LogP) is 5.12. The molecule has 29 heavy (non-hydrogen) atoms. The summed E-state index contributed by atoms with van der Waals surface area (Å²) in [7, 11) is 0. The van der Waals surface area contributed by atoms with Gasteiger partial charge >= 0.3 is 5.97 Å². The van der Waals surface area contributed by atoms with Crippen LogP contribution in [0, 0.1) is 0 Å². The second-order valence-corrected chi connectivity index (χ2v) is 6.86. The van der Waals surface area contributed by atoms with Gasteiger partial charge in [0.2, 0.25) is 0 Å². The maximum atomic E-state index is 11.9. The molecule has 2 N–H and O–H groups in total. The van der Waals surface area contributed by atoms with Crippen LogP contribution in [0.4, 0.5) is 0 Å². The second-order valence-electron chi connectivity index (χ2n) is 6.86. The van der Waals surface area contributed by atoms with Gasteiger partial charge in [0.05, 0.1) is 5.56 Å². The summed E-state index contributed by atoms with van der Waals surface area (Å²) >= 11 is 0. The first-order valence-corrected chi connectivity index (χ1v) is 8.97. The van der Waals surface area contributed by atoms with Crippen LogP contribution < -0.4 is 5.43 Å². The average Bonchev–Trinajstić information content (AvgIpc) is 2.71. The Morgan fingerprint density at radius 3 is 2.38 bits per heavy atom. The van der Waals surface area contributed by atoms with Gasteiger partial charge in [-0.3, -0.25) is 4.79 Å². The first kappa shape index (κ1) is 17.0. The monoisotopic (exact) mass is 382 g/mol. The highest BCUT2D eigenvalue weighted by Crippen LogP contribution is 2.43. The number of aromatic hydroxyl groups is 1. The molecule has 1 aliphatic heterocycles. The number of carboxylic acid groups (broad SMARTS) is 1. The number of carboxylic acids is 1. The molecule has 0 saturated heterocycles. The number of phenols is 1. The Kier molecular flexibility index (Phi) is 3.64. The minimum atomic E-state index is -0.999. The van der Waals surface area contributed by atoms with Crippen LogP contribution in [-0.4, -0.2) is 16.2 Å². The molecule has 0 saturated carbocycles. The van der Waals surface area contributed by atoms with Crippen LogP contribution in [0.1, 0.15) is 10.4 Å². The molecule has 0 fully saturated rings. The molecule has 140 valence electrons. The number of phenolic OH excluding ortho intramolecular Hbond substituents is 1. The van der Waals surface area contributed by atoms with Crippen molar-refractivity contribution >= 4 is 27.7 Å². The maximum absolute atomic E-state index is 11.9. The van der Waals surface area contributed by atoms with Gasteiger partial charge in [-0.25, -0.2) is 4.79 Å². The van der Waals surface area contributed by atoms with Gasteiger partial charge in [-0.15, -0.1) is 0 Å². The molecule has 5 rings (SSSR count). The van der Waals surface area contributed by atoms with E-state index < -0.39 is 5.97 Å². The third-order valence-electron chi connectivity index (χ3n) is 5.08. The quantitative estimate of drug-likeness (QED) is 0.327. The zero-order chi connectivity index (χ0) is 20.1.